The van der Waals surface area contributed by atoms with Crippen molar-refractivity contribution in [1.29, 1.82) is 5.26 Å². The van der Waals surface area contributed by atoms with Gasteiger partial charge < -0.3 is 5.32 Å². The zero-order valence-electron chi connectivity index (χ0n) is 15.4. The molecule has 0 saturated carbocycles. The predicted octanol–water partition coefficient (Wildman–Crippen LogP) is 4.07. The van der Waals surface area contributed by atoms with E-state index in [1.807, 2.05) is 63.2 Å². The summed E-state index contributed by atoms with van der Waals surface area (Å²) in [6.45, 7) is 5.84. The van der Waals surface area contributed by atoms with Gasteiger partial charge in [0.1, 0.15) is 16.7 Å². The number of amides is 2. The van der Waals surface area contributed by atoms with Crippen LogP contribution in [0, 0.1) is 32.1 Å². The van der Waals surface area contributed by atoms with E-state index in [0.717, 1.165) is 16.7 Å². The zero-order chi connectivity index (χ0) is 19.6. The number of carbonyl (C=O) groups is 2. The molecule has 2 aromatic carbocycles. The summed E-state index contributed by atoms with van der Waals surface area (Å²) < 4.78 is 0. The van der Waals surface area contributed by atoms with Gasteiger partial charge in [-0.1, -0.05) is 36.0 Å². The molecule has 1 heterocycles. The molecule has 5 nitrogen and oxygen atoms in total. The maximum Gasteiger partial charge on any atom is 0.269 e. The maximum atomic E-state index is 12.7. The molecule has 1 aliphatic heterocycles. The predicted molar refractivity (Wildman–Crippen MR) is 108 cm³/mol. The van der Waals surface area contributed by atoms with E-state index in [2.05, 4.69) is 5.32 Å². The molecule has 2 aromatic rings. The first kappa shape index (κ1) is 18.7. The molecule has 6 heteroatoms. The number of aryl methyl sites for hydroxylation is 3. The third-order valence-corrected chi connectivity index (χ3v) is 5.53. The first-order chi connectivity index (χ1) is 12.9. The highest BCUT2D eigenvalue weighted by molar-refractivity contribution is 8.04. The van der Waals surface area contributed by atoms with Crippen molar-refractivity contribution < 1.29 is 9.59 Å². The van der Waals surface area contributed by atoms with Gasteiger partial charge in [0, 0.05) is 11.4 Å². The molecule has 0 unspecified atom stereocenters. The summed E-state index contributed by atoms with van der Waals surface area (Å²) in [4.78, 5) is 26.7. The van der Waals surface area contributed by atoms with Crippen LogP contribution in [0.3, 0.4) is 0 Å². The van der Waals surface area contributed by atoms with Crippen molar-refractivity contribution in [3.05, 3.63) is 69.8 Å². The van der Waals surface area contributed by atoms with Crippen molar-refractivity contribution in [3.63, 3.8) is 0 Å². The van der Waals surface area contributed by atoms with Crippen LogP contribution >= 0.6 is 11.8 Å². The Labute approximate surface area is 162 Å². The molecule has 0 aromatic heterocycles. The first-order valence-electron chi connectivity index (χ1n) is 8.46. The normalized spacial score (nSPS) is 15.5. The number of nitrogens with one attached hydrogen (secondary N) is 1. The second kappa shape index (κ2) is 7.68. The minimum Gasteiger partial charge on any atom is -0.321 e. The smallest absolute Gasteiger partial charge is 0.269 e. The van der Waals surface area contributed by atoms with Crippen molar-refractivity contribution in [2.75, 3.05) is 16.0 Å². The average molecular weight is 377 g/mol. The Balaban J connectivity index is 2.00. The van der Waals surface area contributed by atoms with Crippen molar-refractivity contribution >= 4 is 35.0 Å². The fourth-order valence-corrected chi connectivity index (χ4v) is 3.78. The molecule has 0 bridgehead atoms. The highest BCUT2D eigenvalue weighted by atomic mass is 32.2. The minimum absolute atomic E-state index is 0.0627. The largest absolute Gasteiger partial charge is 0.321 e. The molecular formula is C21H19N3O2S. The molecule has 0 radical (unpaired) electrons. The molecule has 0 atom stereocenters. The number of nitriles is 1. The number of nitrogens with zero attached hydrogens (tertiary/aromatic N) is 2. The summed E-state index contributed by atoms with van der Waals surface area (Å²) in [7, 11) is 0. The Kier molecular flexibility index (Phi) is 5.33. The van der Waals surface area contributed by atoms with Gasteiger partial charge in [-0.05, 0) is 55.7 Å². The summed E-state index contributed by atoms with van der Waals surface area (Å²) in [6, 6.07) is 15.0. The van der Waals surface area contributed by atoms with Crippen LogP contribution < -0.4 is 10.2 Å². The van der Waals surface area contributed by atoms with E-state index >= 15 is 0 Å². The van der Waals surface area contributed by atoms with Gasteiger partial charge in [-0.15, -0.1) is 0 Å². The van der Waals surface area contributed by atoms with Gasteiger partial charge in [0.2, 0.25) is 5.91 Å². The summed E-state index contributed by atoms with van der Waals surface area (Å²) >= 11 is 1.21. The van der Waals surface area contributed by atoms with Crippen molar-refractivity contribution in [1.82, 2.24) is 0 Å². The van der Waals surface area contributed by atoms with E-state index < -0.39 is 5.91 Å². The van der Waals surface area contributed by atoms with Gasteiger partial charge in [0.05, 0.1) is 5.75 Å². The van der Waals surface area contributed by atoms with Gasteiger partial charge >= 0.3 is 0 Å². The SMILES string of the molecule is Cc1ccc(N2C(=O)CS/C2=C(/C#N)C(=O)Nc2ccccc2C)cc1C. The number of benzene rings is 2. The standard InChI is InChI=1S/C21H19N3O2S/c1-13-8-9-16(10-15(13)3)24-19(25)12-27-21(24)17(11-22)20(26)23-18-7-5-4-6-14(18)2/h4-10H,12H2,1-3H3,(H,23,26)/b21-17-. The van der Waals surface area contributed by atoms with E-state index in [9.17, 15) is 14.9 Å². The van der Waals surface area contributed by atoms with Gasteiger partial charge in [0.25, 0.3) is 5.91 Å². The van der Waals surface area contributed by atoms with Crippen molar-refractivity contribution in [2.24, 2.45) is 0 Å². The quantitative estimate of drug-likeness (QED) is 0.646. The summed E-state index contributed by atoms with van der Waals surface area (Å²) in [5.41, 5.74) is 4.30. The Morgan fingerprint density at radius 1 is 1.11 bits per heavy atom. The number of hydrogen-bond acceptors (Lipinski definition) is 4. The Bertz CT molecular complexity index is 1000. The van der Waals surface area contributed by atoms with Crippen LogP contribution in [0.25, 0.3) is 0 Å². The molecule has 1 aliphatic rings. The molecule has 1 fully saturated rings. The maximum absolute atomic E-state index is 12.7. The van der Waals surface area contributed by atoms with Crippen LogP contribution in [-0.4, -0.2) is 17.6 Å². The molecular weight excluding hydrogens is 358 g/mol. The molecule has 0 spiro atoms. The lowest BCUT2D eigenvalue weighted by molar-refractivity contribution is -0.115. The van der Waals surface area contributed by atoms with Crippen LogP contribution in [0.1, 0.15) is 16.7 Å². The van der Waals surface area contributed by atoms with Crippen LogP contribution in [0.4, 0.5) is 11.4 Å². The zero-order valence-corrected chi connectivity index (χ0v) is 16.2. The number of para-hydroxylation sites is 1. The van der Waals surface area contributed by atoms with E-state index in [-0.39, 0.29) is 17.2 Å². The molecule has 0 aliphatic carbocycles. The van der Waals surface area contributed by atoms with Crippen molar-refractivity contribution in [3.8, 4) is 6.07 Å². The summed E-state index contributed by atoms with van der Waals surface area (Å²) in [6.07, 6.45) is 0. The van der Waals surface area contributed by atoms with E-state index in [1.54, 1.807) is 6.07 Å². The second-order valence-corrected chi connectivity index (χ2v) is 7.31. The summed E-state index contributed by atoms with van der Waals surface area (Å²) in [5, 5.41) is 12.8. The lowest BCUT2D eigenvalue weighted by atomic mass is 10.1. The monoisotopic (exact) mass is 377 g/mol. The van der Waals surface area contributed by atoms with Crippen LogP contribution in [-0.2, 0) is 9.59 Å². The molecule has 136 valence electrons. The fourth-order valence-electron chi connectivity index (χ4n) is 2.78. The van der Waals surface area contributed by atoms with Gasteiger partial charge in [0.15, 0.2) is 0 Å². The van der Waals surface area contributed by atoms with Crippen LogP contribution in [0.5, 0.6) is 0 Å². The Hall–Kier alpha value is -3.04. The molecule has 1 saturated heterocycles. The van der Waals surface area contributed by atoms with Gasteiger partial charge in [-0.2, -0.15) is 5.26 Å². The Morgan fingerprint density at radius 3 is 2.52 bits per heavy atom. The Morgan fingerprint density at radius 2 is 1.85 bits per heavy atom. The number of rotatable bonds is 3. The lowest BCUT2D eigenvalue weighted by Gasteiger charge is -2.19. The minimum atomic E-state index is -0.516. The topological polar surface area (TPSA) is 73.2 Å². The van der Waals surface area contributed by atoms with E-state index in [4.69, 9.17) is 0 Å². The van der Waals surface area contributed by atoms with Gasteiger partial charge in [-0.3, -0.25) is 14.5 Å². The average Bonchev–Trinajstić information content (AvgIpc) is 3.01. The van der Waals surface area contributed by atoms with E-state index in [0.29, 0.717) is 16.4 Å². The van der Waals surface area contributed by atoms with Gasteiger partial charge in [-0.25, -0.2) is 0 Å². The molecule has 3 rings (SSSR count). The third kappa shape index (κ3) is 3.74. The highest BCUT2D eigenvalue weighted by Gasteiger charge is 2.33. The second-order valence-electron chi connectivity index (χ2n) is 6.35. The first-order valence-corrected chi connectivity index (χ1v) is 9.45. The number of anilines is 2. The lowest BCUT2D eigenvalue weighted by Crippen LogP contribution is -2.27. The number of hydrogen-bond donors (Lipinski definition) is 1. The van der Waals surface area contributed by atoms with Crippen molar-refractivity contribution in [2.45, 2.75) is 20.8 Å². The van der Waals surface area contributed by atoms with E-state index in [1.165, 1.54) is 16.7 Å². The third-order valence-electron chi connectivity index (χ3n) is 4.48. The summed E-state index contributed by atoms with van der Waals surface area (Å²) in [5.74, 6) is -0.460. The molecule has 2 amide bonds. The number of thioether (sulfide) groups is 1. The molecule has 27 heavy (non-hydrogen) atoms. The molecule has 1 N–H and O–H groups in total. The van der Waals surface area contributed by atoms with Crippen LogP contribution in [0.2, 0.25) is 0 Å². The van der Waals surface area contributed by atoms with Crippen LogP contribution in [0.15, 0.2) is 53.1 Å². The number of carbonyl (C=O) groups excluding carboxylic acids is 2. The highest BCUT2D eigenvalue weighted by Crippen LogP contribution is 2.37. The fraction of sp³-hybridized carbons (Fsp3) is 0.190.